The number of thiophene rings is 1. The minimum atomic E-state index is 0.137. The van der Waals surface area contributed by atoms with Crippen LogP contribution >= 0.6 is 27.3 Å². The molecule has 4 heteroatoms. The van der Waals surface area contributed by atoms with E-state index in [1.165, 1.54) is 0 Å². The Hall–Kier alpha value is -1.13. The van der Waals surface area contributed by atoms with Gasteiger partial charge in [0.15, 0.2) is 0 Å². The molecule has 0 bridgehead atoms. The quantitative estimate of drug-likeness (QED) is 0.829. The molecule has 94 valence electrons. The molecule has 0 aliphatic heterocycles. The molecule has 0 unspecified atom stereocenters. The van der Waals surface area contributed by atoms with Gasteiger partial charge < -0.3 is 4.90 Å². The predicted molar refractivity (Wildman–Crippen MR) is 80.2 cm³/mol. The Labute approximate surface area is 119 Å². The lowest BCUT2D eigenvalue weighted by molar-refractivity contribution is -0.117. The Morgan fingerprint density at radius 2 is 1.94 bits per heavy atom. The summed E-state index contributed by atoms with van der Waals surface area (Å²) in [5, 5.41) is 0. The molecular formula is C14H14BrNOS. The third kappa shape index (κ3) is 3.21. The highest BCUT2D eigenvalue weighted by Gasteiger charge is 2.14. The van der Waals surface area contributed by atoms with Gasteiger partial charge in [0.05, 0.1) is 10.2 Å². The third-order valence-corrected chi connectivity index (χ3v) is 4.26. The van der Waals surface area contributed by atoms with Crippen LogP contribution in [0.5, 0.6) is 0 Å². The monoisotopic (exact) mass is 323 g/mol. The average Bonchev–Trinajstić information content (AvgIpc) is 2.77. The summed E-state index contributed by atoms with van der Waals surface area (Å²) >= 11 is 5.02. The summed E-state index contributed by atoms with van der Waals surface area (Å²) in [6.45, 7) is 2.69. The van der Waals surface area contributed by atoms with Gasteiger partial charge in [-0.2, -0.15) is 0 Å². The van der Waals surface area contributed by atoms with Gasteiger partial charge in [0.2, 0.25) is 5.91 Å². The zero-order valence-electron chi connectivity index (χ0n) is 10.1. The van der Waals surface area contributed by atoms with Gasteiger partial charge in [0, 0.05) is 17.1 Å². The van der Waals surface area contributed by atoms with Gasteiger partial charge in [0.25, 0.3) is 0 Å². The number of halogens is 1. The lowest BCUT2D eigenvalue weighted by Crippen LogP contribution is -2.31. The number of benzene rings is 1. The van der Waals surface area contributed by atoms with Crippen LogP contribution in [-0.2, 0) is 11.2 Å². The van der Waals surface area contributed by atoms with Crippen molar-refractivity contribution in [1.29, 1.82) is 0 Å². The van der Waals surface area contributed by atoms with Gasteiger partial charge in [-0.15, -0.1) is 11.3 Å². The first-order valence-corrected chi connectivity index (χ1v) is 7.41. The summed E-state index contributed by atoms with van der Waals surface area (Å²) in [4.78, 5) is 15.2. The summed E-state index contributed by atoms with van der Waals surface area (Å²) in [5.74, 6) is 0.137. The van der Waals surface area contributed by atoms with Crippen molar-refractivity contribution in [3.63, 3.8) is 0 Å². The maximum atomic E-state index is 12.3. The molecule has 0 aliphatic rings. The van der Waals surface area contributed by atoms with Crippen LogP contribution in [0.2, 0.25) is 0 Å². The van der Waals surface area contributed by atoms with Crippen molar-refractivity contribution >= 4 is 38.9 Å². The second-order valence-corrected chi connectivity index (χ2v) is 6.40. The Balaban J connectivity index is 2.11. The molecular weight excluding hydrogens is 310 g/mol. The number of carbonyl (C=O) groups is 1. The smallest absolute Gasteiger partial charge is 0.232 e. The molecule has 0 N–H and O–H groups in total. The Bertz CT molecular complexity index is 524. The standard InChI is InChI=1S/C14H14BrNOS/c1-2-16(11-6-4-3-5-7-11)14(17)10-12-8-9-13(15)18-12/h3-9H,2,10H2,1H3. The molecule has 1 amide bonds. The van der Waals surface area contributed by atoms with Gasteiger partial charge in [0.1, 0.15) is 0 Å². The highest BCUT2D eigenvalue weighted by atomic mass is 79.9. The summed E-state index contributed by atoms with van der Waals surface area (Å²) < 4.78 is 1.06. The molecule has 2 rings (SSSR count). The van der Waals surface area contributed by atoms with E-state index in [1.54, 1.807) is 11.3 Å². The average molecular weight is 324 g/mol. The van der Waals surface area contributed by atoms with Crippen molar-refractivity contribution < 1.29 is 4.79 Å². The van der Waals surface area contributed by atoms with Crippen molar-refractivity contribution in [2.45, 2.75) is 13.3 Å². The van der Waals surface area contributed by atoms with Gasteiger partial charge in [-0.1, -0.05) is 18.2 Å². The van der Waals surface area contributed by atoms with Crippen LogP contribution in [0.4, 0.5) is 5.69 Å². The van der Waals surface area contributed by atoms with Gasteiger partial charge in [-0.25, -0.2) is 0 Å². The minimum Gasteiger partial charge on any atom is -0.312 e. The number of amides is 1. The van der Waals surface area contributed by atoms with Crippen molar-refractivity contribution in [2.75, 3.05) is 11.4 Å². The highest BCUT2D eigenvalue weighted by molar-refractivity contribution is 9.11. The number of carbonyl (C=O) groups excluding carboxylic acids is 1. The van der Waals surface area contributed by atoms with Crippen LogP contribution in [0.15, 0.2) is 46.3 Å². The first kappa shape index (κ1) is 13.3. The first-order chi connectivity index (χ1) is 8.70. The van der Waals surface area contributed by atoms with Crippen LogP contribution in [0.1, 0.15) is 11.8 Å². The van der Waals surface area contributed by atoms with E-state index in [0.29, 0.717) is 13.0 Å². The van der Waals surface area contributed by atoms with Crippen LogP contribution in [0, 0.1) is 0 Å². The summed E-state index contributed by atoms with van der Waals surface area (Å²) in [5.41, 5.74) is 0.959. The molecule has 1 aromatic carbocycles. The molecule has 1 aromatic heterocycles. The molecule has 0 spiro atoms. The molecule has 0 saturated heterocycles. The lowest BCUT2D eigenvalue weighted by atomic mass is 10.2. The molecule has 0 radical (unpaired) electrons. The number of anilines is 1. The van der Waals surface area contributed by atoms with E-state index in [0.717, 1.165) is 14.4 Å². The Morgan fingerprint density at radius 3 is 2.50 bits per heavy atom. The molecule has 2 nitrogen and oxygen atoms in total. The van der Waals surface area contributed by atoms with Gasteiger partial charge >= 0.3 is 0 Å². The number of hydrogen-bond acceptors (Lipinski definition) is 2. The SMILES string of the molecule is CCN(C(=O)Cc1ccc(Br)s1)c1ccccc1. The second kappa shape index (κ2) is 6.16. The van der Waals surface area contributed by atoms with E-state index >= 15 is 0 Å². The predicted octanol–water partition coefficient (Wildman–Crippen LogP) is 4.11. The van der Waals surface area contributed by atoms with Gasteiger partial charge in [-0.3, -0.25) is 4.79 Å². The van der Waals surface area contributed by atoms with E-state index in [4.69, 9.17) is 0 Å². The molecule has 0 atom stereocenters. The lowest BCUT2D eigenvalue weighted by Gasteiger charge is -2.20. The van der Waals surface area contributed by atoms with Crippen LogP contribution in [0.25, 0.3) is 0 Å². The minimum absolute atomic E-state index is 0.137. The maximum absolute atomic E-state index is 12.3. The fraction of sp³-hybridized carbons (Fsp3) is 0.214. The van der Waals surface area contributed by atoms with E-state index in [9.17, 15) is 4.79 Å². The fourth-order valence-corrected chi connectivity index (χ4v) is 3.28. The Morgan fingerprint density at radius 1 is 1.22 bits per heavy atom. The summed E-state index contributed by atoms with van der Waals surface area (Å²) in [7, 11) is 0. The summed E-state index contributed by atoms with van der Waals surface area (Å²) in [6, 6.07) is 13.8. The second-order valence-electron chi connectivity index (χ2n) is 3.86. The molecule has 2 aromatic rings. The van der Waals surface area contributed by atoms with Crippen LogP contribution < -0.4 is 4.90 Å². The van der Waals surface area contributed by atoms with E-state index in [2.05, 4.69) is 15.9 Å². The van der Waals surface area contributed by atoms with Crippen LogP contribution in [-0.4, -0.2) is 12.5 Å². The van der Waals surface area contributed by atoms with Gasteiger partial charge in [-0.05, 0) is 47.1 Å². The van der Waals surface area contributed by atoms with E-state index in [-0.39, 0.29) is 5.91 Å². The van der Waals surface area contributed by atoms with Crippen molar-refractivity contribution in [3.05, 3.63) is 51.1 Å². The normalized spacial score (nSPS) is 10.3. The maximum Gasteiger partial charge on any atom is 0.232 e. The van der Waals surface area contributed by atoms with Crippen LogP contribution in [0.3, 0.4) is 0 Å². The molecule has 0 saturated carbocycles. The number of para-hydroxylation sites is 1. The zero-order chi connectivity index (χ0) is 13.0. The van der Waals surface area contributed by atoms with Crippen molar-refractivity contribution in [1.82, 2.24) is 0 Å². The topological polar surface area (TPSA) is 20.3 Å². The van der Waals surface area contributed by atoms with Crippen molar-refractivity contribution in [2.24, 2.45) is 0 Å². The summed E-state index contributed by atoms with van der Waals surface area (Å²) in [6.07, 6.45) is 0.457. The number of rotatable bonds is 4. The third-order valence-electron chi connectivity index (χ3n) is 2.64. The molecule has 0 aliphatic carbocycles. The molecule has 18 heavy (non-hydrogen) atoms. The van der Waals surface area contributed by atoms with Crippen molar-refractivity contribution in [3.8, 4) is 0 Å². The number of likely N-dealkylation sites (N-methyl/N-ethyl adjacent to an activating group) is 1. The number of hydrogen-bond donors (Lipinski definition) is 0. The molecule has 0 fully saturated rings. The zero-order valence-corrected chi connectivity index (χ0v) is 12.5. The molecule has 1 heterocycles. The highest BCUT2D eigenvalue weighted by Crippen LogP contribution is 2.23. The fourth-order valence-electron chi connectivity index (χ4n) is 1.80. The number of nitrogens with zero attached hydrogens (tertiary/aromatic N) is 1. The van der Waals surface area contributed by atoms with E-state index in [1.807, 2.05) is 54.3 Å². The Kier molecular flexibility index (Phi) is 4.55. The van der Waals surface area contributed by atoms with E-state index < -0.39 is 0 Å². The first-order valence-electron chi connectivity index (χ1n) is 5.80. The largest absolute Gasteiger partial charge is 0.312 e.